The van der Waals surface area contributed by atoms with Crippen molar-refractivity contribution < 1.29 is 14.0 Å². The summed E-state index contributed by atoms with van der Waals surface area (Å²) in [6, 6.07) is 15.2. The molecule has 7 heteroatoms. The van der Waals surface area contributed by atoms with E-state index in [1.54, 1.807) is 19.1 Å². The average Bonchev–Trinajstić information content (AvgIpc) is 3.37. The third-order valence-electron chi connectivity index (χ3n) is 4.01. The maximum atomic E-state index is 10.5. The van der Waals surface area contributed by atoms with Gasteiger partial charge in [0.05, 0.1) is 19.4 Å². The summed E-state index contributed by atoms with van der Waals surface area (Å²) in [6.45, 7) is 4.97. The Morgan fingerprint density at radius 3 is 2.70 bits per heavy atom. The van der Waals surface area contributed by atoms with Crippen LogP contribution in [0.1, 0.15) is 25.3 Å². The predicted octanol–water partition coefficient (Wildman–Crippen LogP) is 2.90. The zero-order valence-electron chi connectivity index (χ0n) is 15.5. The van der Waals surface area contributed by atoms with Gasteiger partial charge in [0.1, 0.15) is 17.1 Å². The highest BCUT2D eigenvalue weighted by Gasteiger charge is 2.26. The molecule has 0 aliphatic rings. The summed E-state index contributed by atoms with van der Waals surface area (Å²) < 4.78 is 10.7. The Labute approximate surface area is 158 Å². The van der Waals surface area contributed by atoms with Crippen molar-refractivity contribution in [2.24, 2.45) is 4.99 Å². The SMILES string of the molecule is CCNC(=NCc1cc(-c2ccccc2)on1)NCC(C)(O)c1ccco1. The van der Waals surface area contributed by atoms with Crippen molar-refractivity contribution in [2.75, 3.05) is 13.1 Å². The van der Waals surface area contributed by atoms with Crippen LogP contribution >= 0.6 is 0 Å². The number of furan rings is 1. The zero-order valence-corrected chi connectivity index (χ0v) is 15.5. The van der Waals surface area contributed by atoms with E-state index in [-0.39, 0.29) is 6.54 Å². The van der Waals surface area contributed by atoms with Crippen LogP contribution in [0.5, 0.6) is 0 Å². The van der Waals surface area contributed by atoms with Crippen molar-refractivity contribution in [3.63, 3.8) is 0 Å². The molecule has 7 nitrogen and oxygen atoms in total. The molecular weight excluding hydrogens is 344 g/mol. The number of benzene rings is 1. The standard InChI is InChI=1S/C20H24N4O3/c1-3-21-19(23-14-20(2,25)18-10-7-11-26-18)22-13-16-12-17(27-24-16)15-8-5-4-6-9-15/h4-12,25H,3,13-14H2,1-2H3,(H2,21,22,23). The number of aliphatic imine (C=N–C) groups is 1. The Morgan fingerprint density at radius 1 is 1.19 bits per heavy atom. The van der Waals surface area contributed by atoms with E-state index >= 15 is 0 Å². The Hall–Kier alpha value is -3.06. The van der Waals surface area contributed by atoms with Gasteiger partial charge in [0, 0.05) is 18.2 Å². The highest BCUT2D eigenvalue weighted by Crippen LogP contribution is 2.21. The molecule has 142 valence electrons. The van der Waals surface area contributed by atoms with Gasteiger partial charge in [-0.25, -0.2) is 4.99 Å². The zero-order chi connectivity index (χ0) is 19.1. The number of guanidine groups is 1. The van der Waals surface area contributed by atoms with Crippen LogP contribution in [0, 0.1) is 0 Å². The number of hydrogen-bond acceptors (Lipinski definition) is 5. The van der Waals surface area contributed by atoms with Crippen molar-refractivity contribution in [3.8, 4) is 11.3 Å². The van der Waals surface area contributed by atoms with E-state index in [4.69, 9.17) is 8.94 Å². The number of aliphatic hydroxyl groups is 1. The number of nitrogens with zero attached hydrogens (tertiary/aromatic N) is 2. The van der Waals surface area contributed by atoms with E-state index in [9.17, 15) is 5.11 Å². The molecule has 3 aromatic rings. The molecular formula is C20H24N4O3. The minimum Gasteiger partial charge on any atom is -0.466 e. The molecule has 1 aromatic carbocycles. The molecule has 3 rings (SSSR count). The molecule has 0 aliphatic heterocycles. The van der Waals surface area contributed by atoms with Crippen molar-refractivity contribution in [2.45, 2.75) is 26.0 Å². The molecule has 0 radical (unpaired) electrons. The largest absolute Gasteiger partial charge is 0.466 e. The van der Waals surface area contributed by atoms with Gasteiger partial charge in [-0.15, -0.1) is 0 Å². The molecule has 0 saturated heterocycles. The van der Waals surface area contributed by atoms with E-state index in [0.717, 1.165) is 11.3 Å². The van der Waals surface area contributed by atoms with Crippen molar-refractivity contribution in [3.05, 3.63) is 66.2 Å². The first-order valence-electron chi connectivity index (χ1n) is 8.88. The van der Waals surface area contributed by atoms with Gasteiger partial charge in [-0.2, -0.15) is 0 Å². The second-order valence-corrected chi connectivity index (χ2v) is 6.35. The minimum absolute atomic E-state index is 0.250. The summed E-state index contributed by atoms with van der Waals surface area (Å²) in [5, 5.41) is 20.9. The summed E-state index contributed by atoms with van der Waals surface area (Å²) in [4.78, 5) is 4.51. The smallest absolute Gasteiger partial charge is 0.191 e. The fourth-order valence-corrected chi connectivity index (χ4v) is 2.55. The number of hydrogen-bond donors (Lipinski definition) is 3. The third kappa shape index (κ3) is 4.98. The lowest BCUT2D eigenvalue weighted by Crippen LogP contribution is -2.44. The first kappa shape index (κ1) is 18.7. The van der Waals surface area contributed by atoms with Gasteiger partial charge in [0.2, 0.25) is 0 Å². The topological polar surface area (TPSA) is 95.8 Å². The third-order valence-corrected chi connectivity index (χ3v) is 4.01. The predicted molar refractivity (Wildman–Crippen MR) is 103 cm³/mol. The average molecular weight is 368 g/mol. The highest BCUT2D eigenvalue weighted by atomic mass is 16.5. The molecule has 1 unspecified atom stereocenters. The summed E-state index contributed by atoms with van der Waals surface area (Å²) in [7, 11) is 0. The molecule has 3 N–H and O–H groups in total. The Morgan fingerprint density at radius 2 is 2.00 bits per heavy atom. The highest BCUT2D eigenvalue weighted by molar-refractivity contribution is 5.79. The molecule has 0 fully saturated rings. The van der Waals surface area contributed by atoms with Crippen LogP contribution in [0.25, 0.3) is 11.3 Å². The van der Waals surface area contributed by atoms with E-state index in [1.165, 1.54) is 6.26 Å². The summed E-state index contributed by atoms with van der Waals surface area (Å²) in [5.74, 6) is 1.78. The maximum absolute atomic E-state index is 10.5. The fraction of sp³-hybridized carbons (Fsp3) is 0.300. The summed E-state index contributed by atoms with van der Waals surface area (Å²) in [6.07, 6.45) is 1.54. The Balaban J connectivity index is 1.63. The summed E-state index contributed by atoms with van der Waals surface area (Å²) in [5.41, 5.74) is 0.553. The van der Waals surface area contributed by atoms with Gasteiger partial charge in [-0.05, 0) is 26.0 Å². The van der Waals surface area contributed by atoms with Crippen LogP contribution in [-0.4, -0.2) is 29.3 Å². The second kappa shape index (κ2) is 8.55. The van der Waals surface area contributed by atoms with Crippen LogP contribution in [0.15, 0.2) is 68.7 Å². The molecule has 2 aromatic heterocycles. The molecule has 27 heavy (non-hydrogen) atoms. The van der Waals surface area contributed by atoms with E-state index in [2.05, 4.69) is 20.8 Å². The quantitative estimate of drug-likeness (QED) is 0.438. The van der Waals surface area contributed by atoms with Crippen LogP contribution in [0.4, 0.5) is 0 Å². The van der Waals surface area contributed by atoms with Gasteiger partial charge in [-0.1, -0.05) is 35.5 Å². The number of nitrogens with one attached hydrogen (secondary N) is 2. The van der Waals surface area contributed by atoms with Crippen LogP contribution in [0.3, 0.4) is 0 Å². The molecule has 0 aliphatic carbocycles. The normalized spacial score (nSPS) is 14.0. The molecule has 0 amide bonds. The van der Waals surface area contributed by atoms with Crippen LogP contribution in [-0.2, 0) is 12.1 Å². The second-order valence-electron chi connectivity index (χ2n) is 6.35. The lowest BCUT2D eigenvalue weighted by molar-refractivity contribution is 0.0386. The van der Waals surface area contributed by atoms with Crippen LogP contribution < -0.4 is 10.6 Å². The van der Waals surface area contributed by atoms with Crippen molar-refractivity contribution in [1.82, 2.24) is 15.8 Å². The molecule has 0 bridgehead atoms. The maximum Gasteiger partial charge on any atom is 0.191 e. The van der Waals surface area contributed by atoms with Gasteiger partial charge in [0.15, 0.2) is 11.7 Å². The van der Waals surface area contributed by atoms with Gasteiger partial charge in [0.25, 0.3) is 0 Å². The Bertz CT molecular complexity index is 855. The van der Waals surface area contributed by atoms with Crippen LogP contribution in [0.2, 0.25) is 0 Å². The summed E-state index contributed by atoms with van der Waals surface area (Å²) >= 11 is 0. The molecule has 1 atom stereocenters. The van der Waals surface area contributed by atoms with Gasteiger partial charge < -0.3 is 24.7 Å². The lowest BCUT2D eigenvalue weighted by atomic mass is 10.0. The van der Waals surface area contributed by atoms with Crippen molar-refractivity contribution in [1.29, 1.82) is 0 Å². The fourth-order valence-electron chi connectivity index (χ4n) is 2.55. The minimum atomic E-state index is -1.14. The number of aromatic nitrogens is 1. The van der Waals surface area contributed by atoms with Gasteiger partial charge >= 0.3 is 0 Å². The van der Waals surface area contributed by atoms with E-state index in [1.807, 2.05) is 43.3 Å². The molecule has 0 spiro atoms. The first-order chi connectivity index (χ1) is 13.1. The first-order valence-corrected chi connectivity index (χ1v) is 8.88. The lowest BCUT2D eigenvalue weighted by Gasteiger charge is -2.22. The van der Waals surface area contributed by atoms with E-state index in [0.29, 0.717) is 30.6 Å². The van der Waals surface area contributed by atoms with Gasteiger partial charge in [-0.3, -0.25) is 0 Å². The molecule has 0 saturated carbocycles. The number of rotatable bonds is 7. The van der Waals surface area contributed by atoms with Crippen molar-refractivity contribution >= 4 is 5.96 Å². The molecule has 2 heterocycles. The van der Waals surface area contributed by atoms with E-state index < -0.39 is 5.60 Å². The Kier molecular flexibility index (Phi) is 5.93. The monoisotopic (exact) mass is 368 g/mol.